The van der Waals surface area contributed by atoms with Crippen molar-refractivity contribution < 1.29 is 14.3 Å². The van der Waals surface area contributed by atoms with E-state index in [2.05, 4.69) is 16.1 Å². The summed E-state index contributed by atoms with van der Waals surface area (Å²) in [5.74, 6) is -0.449. The van der Waals surface area contributed by atoms with E-state index in [-0.39, 0.29) is 6.42 Å². The fourth-order valence-electron chi connectivity index (χ4n) is 0.394. The van der Waals surface area contributed by atoms with Crippen molar-refractivity contribution >= 4 is 5.97 Å². The van der Waals surface area contributed by atoms with Gasteiger partial charge in [-0.05, 0) is 13.8 Å². The highest BCUT2D eigenvalue weighted by Gasteiger charge is 1.95. The van der Waals surface area contributed by atoms with E-state index < -0.39 is 5.97 Å². The summed E-state index contributed by atoms with van der Waals surface area (Å²) in [6, 6.07) is 1.68. The van der Waals surface area contributed by atoms with Crippen LogP contribution in [0.1, 0.15) is 20.3 Å². The summed E-state index contributed by atoms with van der Waals surface area (Å²) >= 11 is 0. The van der Waals surface area contributed by atoms with Crippen molar-refractivity contribution in [2.45, 2.75) is 20.3 Å². The first-order chi connectivity index (χ1) is 6.22. The van der Waals surface area contributed by atoms with Crippen LogP contribution in [0.4, 0.5) is 0 Å². The molecular formula is C9H15NO3. The molecule has 0 aromatic heterocycles. The molecule has 0 radical (unpaired) electrons. The molecule has 0 N–H and O–H groups in total. The quantitative estimate of drug-likeness (QED) is 0.493. The van der Waals surface area contributed by atoms with E-state index in [1.807, 2.05) is 6.92 Å². The second-order valence-electron chi connectivity index (χ2n) is 1.76. The average Bonchev–Trinajstić information content (AvgIpc) is 2.08. The predicted molar refractivity (Wildman–Crippen MR) is 48.7 cm³/mol. The molecule has 0 aliphatic carbocycles. The van der Waals surface area contributed by atoms with Crippen molar-refractivity contribution in [1.29, 1.82) is 5.26 Å². The largest absolute Gasteiger partial charge is 0.502 e. The molecule has 4 nitrogen and oxygen atoms in total. The first-order valence-electron chi connectivity index (χ1n) is 3.97. The summed E-state index contributed by atoms with van der Waals surface area (Å²) in [5, 5.41) is 7.91. The molecule has 0 bridgehead atoms. The molecule has 0 saturated heterocycles. The molecule has 0 aromatic rings. The lowest BCUT2D eigenvalue weighted by atomic mass is 10.5. The number of rotatable bonds is 4. The number of hydrogen-bond donors (Lipinski definition) is 0. The lowest BCUT2D eigenvalue weighted by Gasteiger charge is -1.92. The SMILES string of the molecule is C=COCC.CCOC(=O)CC#N. The van der Waals surface area contributed by atoms with Gasteiger partial charge in [0.15, 0.2) is 0 Å². The van der Waals surface area contributed by atoms with Gasteiger partial charge in [-0.3, -0.25) is 4.79 Å². The zero-order valence-electron chi connectivity index (χ0n) is 8.08. The summed E-state index contributed by atoms with van der Waals surface area (Å²) in [5.41, 5.74) is 0. The molecule has 0 rings (SSSR count). The first kappa shape index (κ1) is 14.0. The monoisotopic (exact) mass is 185 g/mol. The van der Waals surface area contributed by atoms with Crippen molar-refractivity contribution in [2.24, 2.45) is 0 Å². The normalized spacial score (nSPS) is 7.15. The minimum atomic E-state index is -0.449. The standard InChI is InChI=1S/C5H7NO2.C4H8O/c1-2-8-5(7)3-4-6;1-3-5-4-2/h2-3H2,1H3;3H,1,4H2,2H3. The summed E-state index contributed by atoms with van der Waals surface area (Å²) in [6.45, 7) is 8.02. The summed E-state index contributed by atoms with van der Waals surface area (Å²) in [4.78, 5) is 10.2. The van der Waals surface area contributed by atoms with E-state index in [4.69, 9.17) is 5.26 Å². The number of ether oxygens (including phenoxy) is 2. The minimum Gasteiger partial charge on any atom is -0.502 e. The van der Waals surface area contributed by atoms with E-state index in [0.717, 1.165) is 6.61 Å². The van der Waals surface area contributed by atoms with Gasteiger partial charge in [0.1, 0.15) is 6.42 Å². The Balaban J connectivity index is 0. The molecule has 13 heavy (non-hydrogen) atoms. The second-order valence-corrected chi connectivity index (χ2v) is 1.76. The van der Waals surface area contributed by atoms with Gasteiger partial charge in [-0.1, -0.05) is 6.58 Å². The number of nitriles is 1. The predicted octanol–water partition coefficient (Wildman–Crippen LogP) is 1.63. The van der Waals surface area contributed by atoms with Crippen LogP contribution in [0.3, 0.4) is 0 Å². The Bertz CT molecular complexity index is 172. The van der Waals surface area contributed by atoms with Gasteiger partial charge in [0, 0.05) is 0 Å². The molecule has 0 amide bonds. The van der Waals surface area contributed by atoms with Crippen LogP contribution < -0.4 is 0 Å². The highest BCUT2D eigenvalue weighted by molar-refractivity contribution is 5.71. The highest BCUT2D eigenvalue weighted by atomic mass is 16.5. The third-order valence-electron chi connectivity index (χ3n) is 0.813. The fraction of sp³-hybridized carbons (Fsp3) is 0.556. The van der Waals surface area contributed by atoms with Crippen LogP contribution in [-0.2, 0) is 14.3 Å². The Morgan fingerprint density at radius 2 is 2.15 bits per heavy atom. The average molecular weight is 185 g/mol. The smallest absolute Gasteiger partial charge is 0.320 e. The fourth-order valence-corrected chi connectivity index (χ4v) is 0.394. The van der Waals surface area contributed by atoms with Crippen LogP contribution in [-0.4, -0.2) is 19.2 Å². The molecule has 0 fully saturated rings. The number of carbonyl (C=O) groups is 1. The third-order valence-corrected chi connectivity index (χ3v) is 0.813. The number of nitrogens with zero attached hydrogens (tertiary/aromatic N) is 1. The van der Waals surface area contributed by atoms with Crippen molar-refractivity contribution in [2.75, 3.05) is 13.2 Å². The minimum absolute atomic E-state index is 0.145. The molecule has 0 saturated carbocycles. The summed E-state index contributed by atoms with van der Waals surface area (Å²) in [7, 11) is 0. The maximum atomic E-state index is 10.2. The maximum absolute atomic E-state index is 10.2. The van der Waals surface area contributed by atoms with E-state index in [0.29, 0.717) is 6.61 Å². The van der Waals surface area contributed by atoms with Gasteiger partial charge >= 0.3 is 5.97 Å². The molecule has 0 spiro atoms. The number of esters is 1. The molecule has 74 valence electrons. The van der Waals surface area contributed by atoms with Crippen LogP contribution >= 0.6 is 0 Å². The van der Waals surface area contributed by atoms with E-state index >= 15 is 0 Å². The first-order valence-corrected chi connectivity index (χ1v) is 3.97. The van der Waals surface area contributed by atoms with Crippen molar-refractivity contribution in [1.82, 2.24) is 0 Å². The molecule has 0 unspecified atom stereocenters. The Kier molecular flexibility index (Phi) is 14.2. The Labute approximate surface area is 78.8 Å². The molecule has 4 heteroatoms. The summed E-state index contributed by atoms with van der Waals surface area (Å²) < 4.78 is 9.02. The number of carbonyl (C=O) groups excluding carboxylic acids is 1. The topological polar surface area (TPSA) is 59.3 Å². The van der Waals surface area contributed by atoms with Crippen LogP contribution in [0.5, 0.6) is 0 Å². The Morgan fingerprint density at radius 3 is 2.38 bits per heavy atom. The van der Waals surface area contributed by atoms with Gasteiger partial charge in [-0.2, -0.15) is 5.26 Å². The lowest BCUT2D eigenvalue weighted by Crippen LogP contribution is -2.01. The summed E-state index contributed by atoms with van der Waals surface area (Å²) in [6.07, 6.45) is 1.29. The number of hydrogen-bond acceptors (Lipinski definition) is 4. The zero-order valence-corrected chi connectivity index (χ0v) is 8.08. The van der Waals surface area contributed by atoms with Crippen LogP contribution in [0.15, 0.2) is 12.8 Å². The zero-order chi connectivity index (χ0) is 10.5. The molecule has 0 aliphatic heterocycles. The second kappa shape index (κ2) is 13.1. The Hall–Kier alpha value is -1.50. The van der Waals surface area contributed by atoms with Gasteiger partial charge in [0.25, 0.3) is 0 Å². The van der Waals surface area contributed by atoms with Crippen LogP contribution in [0.2, 0.25) is 0 Å². The highest BCUT2D eigenvalue weighted by Crippen LogP contribution is 1.81. The van der Waals surface area contributed by atoms with Crippen molar-refractivity contribution in [3.05, 3.63) is 12.8 Å². The van der Waals surface area contributed by atoms with Gasteiger partial charge in [-0.15, -0.1) is 0 Å². The third kappa shape index (κ3) is 18.0. The van der Waals surface area contributed by atoms with E-state index in [1.54, 1.807) is 13.0 Å². The molecule has 0 atom stereocenters. The molecule has 0 aromatic carbocycles. The maximum Gasteiger partial charge on any atom is 0.320 e. The van der Waals surface area contributed by atoms with Crippen LogP contribution in [0, 0.1) is 11.3 Å². The van der Waals surface area contributed by atoms with E-state index in [1.165, 1.54) is 6.26 Å². The van der Waals surface area contributed by atoms with Gasteiger partial charge in [0.05, 0.1) is 25.5 Å². The molecular weight excluding hydrogens is 170 g/mol. The lowest BCUT2D eigenvalue weighted by molar-refractivity contribution is -0.141. The van der Waals surface area contributed by atoms with Crippen molar-refractivity contribution in [3.63, 3.8) is 0 Å². The molecule has 0 heterocycles. The Morgan fingerprint density at radius 1 is 1.54 bits per heavy atom. The van der Waals surface area contributed by atoms with Gasteiger partial charge in [-0.25, -0.2) is 0 Å². The van der Waals surface area contributed by atoms with Gasteiger partial charge in [0.2, 0.25) is 0 Å². The molecule has 0 aliphatic rings. The van der Waals surface area contributed by atoms with Crippen molar-refractivity contribution in [3.8, 4) is 6.07 Å². The van der Waals surface area contributed by atoms with Crippen LogP contribution in [0.25, 0.3) is 0 Å². The van der Waals surface area contributed by atoms with E-state index in [9.17, 15) is 4.79 Å². The van der Waals surface area contributed by atoms with Gasteiger partial charge < -0.3 is 9.47 Å².